The Morgan fingerprint density at radius 1 is 1.10 bits per heavy atom. The summed E-state index contributed by atoms with van der Waals surface area (Å²) in [6.07, 6.45) is 2.93. The van der Waals surface area contributed by atoms with E-state index in [1.54, 1.807) is 17.2 Å². The van der Waals surface area contributed by atoms with Crippen LogP contribution in [-0.2, 0) is 22.7 Å². The number of nitrogens with one attached hydrogen (secondary N) is 1. The van der Waals surface area contributed by atoms with E-state index in [-0.39, 0.29) is 18.4 Å². The molecule has 0 spiro atoms. The Hall–Kier alpha value is -3.61. The number of para-hydroxylation sites is 2. The highest BCUT2D eigenvalue weighted by Crippen LogP contribution is 2.33. The van der Waals surface area contributed by atoms with Crippen molar-refractivity contribution >= 4 is 17.5 Å². The minimum Gasteiger partial charge on any atom is -0.477 e. The van der Waals surface area contributed by atoms with Crippen LogP contribution in [0.25, 0.3) is 0 Å². The van der Waals surface area contributed by atoms with Gasteiger partial charge in [-0.2, -0.15) is 5.10 Å². The predicted molar refractivity (Wildman–Crippen MR) is 109 cm³/mol. The van der Waals surface area contributed by atoms with Crippen molar-refractivity contribution < 1.29 is 14.3 Å². The third-order valence-corrected chi connectivity index (χ3v) is 4.84. The Kier molecular flexibility index (Phi) is 5.29. The Labute approximate surface area is 168 Å². The number of benzene rings is 2. The highest BCUT2D eigenvalue weighted by Gasteiger charge is 2.32. The van der Waals surface area contributed by atoms with Gasteiger partial charge in [0, 0.05) is 25.9 Å². The number of anilines is 1. The van der Waals surface area contributed by atoms with Crippen molar-refractivity contribution in [2.45, 2.75) is 26.1 Å². The van der Waals surface area contributed by atoms with Crippen LogP contribution in [0.4, 0.5) is 5.69 Å². The van der Waals surface area contributed by atoms with E-state index in [1.165, 1.54) is 6.92 Å². The van der Waals surface area contributed by atoms with Gasteiger partial charge in [0.15, 0.2) is 6.10 Å². The largest absolute Gasteiger partial charge is 0.477 e. The van der Waals surface area contributed by atoms with Crippen LogP contribution in [0.5, 0.6) is 5.75 Å². The molecular formula is C22H22N4O3. The van der Waals surface area contributed by atoms with Crippen LogP contribution in [0.3, 0.4) is 0 Å². The van der Waals surface area contributed by atoms with Crippen molar-refractivity contribution in [2.24, 2.45) is 0 Å². The molecule has 1 N–H and O–H groups in total. The van der Waals surface area contributed by atoms with Gasteiger partial charge in [0.25, 0.3) is 5.91 Å². The van der Waals surface area contributed by atoms with Gasteiger partial charge >= 0.3 is 0 Å². The van der Waals surface area contributed by atoms with Crippen LogP contribution in [-0.4, -0.2) is 34.2 Å². The van der Waals surface area contributed by atoms with Gasteiger partial charge in [-0.25, -0.2) is 0 Å². The zero-order valence-corrected chi connectivity index (χ0v) is 16.1. The monoisotopic (exact) mass is 390 g/mol. The van der Waals surface area contributed by atoms with E-state index < -0.39 is 6.10 Å². The Morgan fingerprint density at radius 2 is 1.86 bits per heavy atom. The molecule has 1 unspecified atom stereocenters. The first-order valence-electron chi connectivity index (χ1n) is 9.47. The maximum absolute atomic E-state index is 12.6. The average molecular weight is 390 g/mol. The lowest BCUT2D eigenvalue weighted by atomic mass is 10.1. The number of carbonyl (C=O) groups is 2. The van der Waals surface area contributed by atoms with Crippen molar-refractivity contribution in [1.82, 2.24) is 15.1 Å². The lowest BCUT2D eigenvalue weighted by Gasteiger charge is -2.33. The van der Waals surface area contributed by atoms with Crippen LogP contribution >= 0.6 is 0 Å². The second-order valence-corrected chi connectivity index (χ2v) is 6.94. The van der Waals surface area contributed by atoms with Crippen molar-refractivity contribution in [3.05, 3.63) is 78.1 Å². The zero-order chi connectivity index (χ0) is 20.2. The molecule has 2 aromatic carbocycles. The fourth-order valence-electron chi connectivity index (χ4n) is 3.32. The SMILES string of the molecule is CC(=O)N1CC(C(=O)NCc2ccc(Cn3cccn3)cc2)Oc2ccccc21. The molecule has 0 aliphatic carbocycles. The summed E-state index contributed by atoms with van der Waals surface area (Å²) in [5, 5.41) is 7.10. The molecule has 148 valence electrons. The van der Waals surface area contributed by atoms with Gasteiger partial charge in [0.2, 0.25) is 5.91 Å². The van der Waals surface area contributed by atoms with E-state index in [4.69, 9.17) is 4.74 Å². The minimum absolute atomic E-state index is 0.119. The number of hydrogen-bond acceptors (Lipinski definition) is 4. The summed E-state index contributed by atoms with van der Waals surface area (Å²) in [4.78, 5) is 26.2. The number of rotatable bonds is 5. The number of carbonyl (C=O) groups excluding carboxylic acids is 2. The van der Waals surface area contributed by atoms with Crippen LogP contribution in [0.15, 0.2) is 67.0 Å². The molecule has 1 aliphatic heterocycles. The van der Waals surface area contributed by atoms with E-state index in [1.807, 2.05) is 59.4 Å². The maximum atomic E-state index is 12.6. The molecule has 7 nitrogen and oxygen atoms in total. The summed E-state index contributed by atoms with van der Waals surface area (Å²) in [6, 6.07) is 17.1. The van der Waals surface area contributed by atoms with Crippen molar-refractivity contribution in [2.75, 3.05) is 11.4 Å². The standard InChI is InChI=1S/C22H22N4O3/c1-16(27)26-15-21(29-20-6-3-2-5-19(20)26)22(28)23-13-17-7-9-18(10-8-17)14-25-12-4-11-24-25/h2-12,21H,13-15H2,1H3,(H,23,28). The number of ether oxygens (including phenoxy) is 1. The summed E-state index contributed by atoms with van der Waals surface area (Å²) in [5.74, 6) is 0.176. The number of amides is 2. The van der Waals surface area contributed by atoms with Gasteiger partial charge in [-0.3, -0.25) is 14.3 Å². The van der Waals surface area contributed by atoms with Crippen LogP contribution in [0.1, 0.15) is 18.1 Å². The summed E-state index contributed by atoms with van der Waals surface area (Å²) in [6.45, 7) is 2.78. The molecule has 0 saturated carbocycles. The van der Waals surface area contributed by atoms with E-state index in [2.05, 4.69) is 10.4 Å². The van der Waals surface area contributed by atoms with Gasteiger partial charge in [-0.1, -0.05) is 36.4 Å². The molecule has 0 saturated heterocycles. The van der Waals surface area contributed by atoms with Gasteiger partial charge in [0.05, 0.1) is 18.8 Å². The van der Waals surface area contributed by atoms with Gasteiger partial charge in [0.1, 0.15) is 5.75 Å². The number of fused-ring (bicyclic) bond motifs is 1. The summed E-state index contributed by atoms with van der Waals surface area (Å²) < 4.78 is 7.68. The quantitative estimate of drug-likeness (QED) is 0.726. The molecule has 2 amide bonds. The second kappa shape index (κ2) is 8.18. The van der Waals surface area contributed by atoms with E-state index in [9.17, 15) is 9.59 Å². The predicted octanol–water partition coefficient (Wildman–Crippen LogP) is 2.36. The van der Waals surface area contributed by atoms with Crippen LogP contribution in [0, 0.1) is 0 Å². The average Bonchev–Trinajstić information content (AvgIpc) is 3.25. The minimum atomic E-state index is -0.743. The van der Waals surface area contributed by atoms with Crippen LogP contribution in [0.2, 0.25) is 0 Å². The Balaban J connectivity index is 1.36. The fourth-order valence-corrected chi connectivity index (χ4v) is 3.32. The van der Waals surface area contributed by atoms with Gasteiger partial charge in [-0.05, 0) is 29.3 Å². The molecule has 0 fully saturated rings. The third-order valence-electron chi connectivity index (χ3n) is 4.84. The van der Waals surface area contributed by atoms with Gasteiger partial charge in [-0.15, -0.1) is 0 Å². The molecule has 2 heterocycles. The van der Waals surface area contributed by atoms with E-state index in [0.717, 1.165) is 11.1 Å². The van der Waals surface area contributed by atoms with Crippen molar-refractivity contribution in [3.63, 3.8) is 0 Å². The normalized spacial score (nSPS) is 15.3. The maximum Gasteiger partial charge on any atom is 0.263 e. The first-order valence-corrected chi connectivity index (χ1v) is 9.47. The molecule has 0 radical (unpaired) electrons. The number of hydrogen-bond donors (Lipinski definition) is 1. The Bertz CT molecular complexity index is 999. The summed E-state index contributed by atoms with van der Waals surface area (Å²) in [5.41, 5.74) is 2.81. The highest BCUT2D eigenvalue weighted by molar-refractivity contribution is 5.95. The summed E-state index contributed by atoms with van der Waals surface area (Å²) in [7, 11) is 0. The molecule has 1 aromatic heterocycles. The van der Waals surface area contributed by atoms with Crippen LogP contribution < -0.4 is 15.0 Å². The summed E-state index contributed by atoms with van der Waals surface area (Å²) >= 11 is 0. The highest BCUT2D eigenvalue weighted by atomic mass is 16.5. The van der Waals surface area contributed by atoms with E-state index >= 15 is 0 Å². The lowest BCUT2D eigenvalue weighted by molar-refractivity contribution is -0.128. The second-order valence-electron chi connectivity index (χ2n) is 6.94. The van der Waals surface area contributed by atoms with E-state index in [0.29, 0.717) is 24.5 Å². The number of nitrogens with zero attached hydrogens (tertiary/aromatic N) is 3. The van der Waals surface area contributed by atoms with Crippen molar-refractivity contribution in [3.8, 4) is 5.75 Å². The lowest BCUT2D eigenvalue weighted by Crippen LogP contribution is -2.50. The third kappa shape index (κ3) is 4.29. The first-order chi connectivity index (χ1) is 14.1. The topological polar surface area (TPSA) is 76.5 Å². The first kappa shape index (κ1) is 18.7. The number of aromatic nitrogens is 2. The molecule has 29 heavy (non-hydrogen) atoms. The molecule has 3 aromatic rings. The fraction of sp³-hybridized carbons (Fsp3) is 0.227. The molecule has 1 atom stereocenters. The molecular weight excluding hydrogens is 368 g/mol. The molecule has 7 heteroatoms. The zero-order valence-electron chi connectivity index (χ0n) is 16.1. The smallest absolute Gasteiger partial charge is 0.263 e. The van der Waals surface area contributed by atoms with Gasteiger partial charge < -0.3 is 15.0 Å². The molecule has 1 aliphatic rings. The molecule has 4 rings (SSSR count). The molecule has 0 bridgehead atoms. The van der Waals surface area contributed by atoms with Crippen molar-refractivity contribution in [1.29, 1.82) is 0 Å². The Morgan fingerprint density at radius 3 is 2.59 bits per heavy atom.